The highest BCUT2D eigenvalue weighted by Crippen LogP contribution is 2.32. The summed E-state index contributed by atoms with van der Waals surface area (Å²) >= 11 is 7.87. The van der Waals surface area contributed by atoms with Crippen LogP contribution in [-0.4, -0.2) is 64.5 Å². The molecule has 6 nitrogen and oxygen atoms in total. The molecule has 3 heterocycles. The zero-order valence-corrected chi connectivity index (χ0v) is 17.4. The Labute approximate surface area is 168 Å². The van der Waals surface area contributed by atoms with Crippen LogP contribution in [0, 0.1) is 0 Å². The molecule has 9 heteroatoms. The highest BCUT2D eigenvalue weighted by Gasteiger charge is 2.31. The number of quaternary nitrogens is 1. The lowest BCUT2D eigenvalue weighted by Gasteiger charge is -2.15. The topological polar surface area (TPSA) is 80.3 Å². The molecule has 3 aliphatic rings. The molecular formula is C17H25N3O3S3. The summed E-state index contributed by atoms with van der Waals surface area (Å²) in [5, 5.41) is 14.1. The predicted octanol–water partition coefficient (Wildman–Crippen LogP) is 0.124. The molecule has 0 aliphatic carbocycles. The third-order valence-electron chi connectivity index (χ3n) is 4.16. The number of aliphatic carboxylic acids is 1. The van der Waals surface area contributed by atoms with E-state index in [0.29, 0.717) is 4.91 Å². The van der Waals surface area contributed by atoms with Gasteiger partial charge in [0.25, 0.3) is 5.91 Å². The summed E-state index contributed by atoms with van der Waals surface area (Å²) in [5.74, 6) is -0.643. The first-order valence-corrected chi connectivity index (χ1v) is 11.1. The van der Waals surface area contributed by atoms with E-state index in [1.165, 1.54) is 32.4 Å². The summed E-state index contributed by atoms with van der Waals surface area (Å²) in [4.78, 5) is 26.3. The molecule has 3 saturated heterocycles. The van der Waals surface area contributed by atoms with Crippen molar-refractivity contribution in [3.05, 3.63) is 22.1 Å². The molecule has 26 heavy (non-hydrogen) atoms. The van der Waals surface area contributed by atoms with Crippen LogP contribution in [0.15, 0.2) is 22.1 Å². The highest BCUT2D eigenvalue weighted by molar-refractivity contribution is 8.26. The second kappa shape index (κ2) is 11.0. The van der Waals surface area contributed by atoms with Crippen molar-refractivity contribution >= 4 is 51.9 Å². The van der Waals surface area contributed by atoms with Gasteiger partial charge in [-0.2, -0.15) is 0 Å². The lowest BCUT2D eigenvalue weighted by molar-refractivity contribution is -0.662. The molecule has 0 spiro atoms. The molecule has 0 aromatic rings. The van der Waals surface area contributed by atoms with Crippen molar-refractivity contribution in [1.29, 1.82) is 0 Å². The average Bonchev–Trinajstić information content (AvgIpc) is 3.21. The Balaban J connectivity index is 0.000000342. The van der Waals surface area contributed by atoms with Gasteiger partial charge in [0.1, 0.15) is 4.32 Å². The molecular weight excluding hydrogens is 390 g/mol. The van der Waals surface area contributed by atoms with Gasteiger partial charge in [0.05, 0.1) is 35.5 Å². The van der Waals surface area contributed by atoms with E-state index in [-0.39, 0.29) is 10.2 Å². The SMILES string of the molecule is C1CC[NH2+]CC1.CCN1CCS/C1=C\C=C1/SC(=S)N(CC(=O)[O-])C1=O. The number of thioether (sulfide) groups is 2. The minimum Gasteiger partial charge on any atom is -0.548 e. The Kier molecular flexibility index (Phi) is 8.97. The van der Waals surface area contributed by atoms with Gasteiger partial charge in [0.2, 0.25) is 0 Å². The Hall–Kier alpha value is -1.03. The van der Waals surface area contributed by atoms with Crippen molar-refractivity contribution in [3.63, 3.8) is 0 Å². The molecule has 3 fully saturated rings. The Bertz CT molecular complexity index is 592. The fourth-order valence-electron chi connectivity index (χ4n) is 2.75. The number of carboxylic acid groups (broad SMARTS) is 1. The number of carbonyl (C=O) groups is 2. The summed E-state index contributed by atoms with van der Waals surface area (Å²) in [6.07, 6.45) is 7.97. The van der Waals surface area contributed by atoms with Gasteiger partial charge in [-0.3, -0.25) is 9.69 Å². The number of hydrogen-bond donors (Lipinski definition) is 1. The second-order valence-electron chi connectivity index (χ2n) is 6.02. The number of nitrogens with two attached hydrogens (primary N) is 1. The highest BCUT2D eigenvalue weighted by atomic mass is 32.2. The lowest BCUT2D eigenvalue weighted by Crippen LogP contribution is -2.85. The van der Waals surface area contributed by atoms with Crippen LogP contribution in [0.1, 0.15) is 26.2 Å². The van der Waals surface area contributed by atoms with Crippen molar-refractivity contribution in [2.45, 2.75) is 26.2 Å². The number of rotatable bonds is 4. The summed E-state index contributed by atoms with van der Waals surface area (Å²) < 4.78 is 0.260. The number of allylic oxidation sites excluding steroid dienone is 2. The minimum absolute atomic E-state index is 0.260. The summed E-state index contributed by atoms with van der Waals surface area (Å²) in [6.45, 7) is 6.28. The number of piperidine rings is 1. The van der Waals surface area contributed by atoms with Crippen molar-refractivity contribution in [2.75, 3.05) is 38.5 Å². The molecule has 0 radical (unpaired) electrons. The second-order valence-corrected chi connectivity index (χ2v) is 8.81. The fraction of sp³-hybridized carbons (Fsp3) is 0.588. The minimum atomic E-state index is -1.32. The Morgan fingerprint density at radius 3 is 2.58 bits per heavy atom. The predicted molar refractivity (Wildman–Crippen MR) is 108 cm³/mol. The van der Waals surface area contributed by atoms with E-state index < -0.39 is 12.5 Å². The summed E-state index contributed by atoms with van der Waals surface area (Å²) in [7, 11) is 0. The lowest BCUT2D eigenvalue weighted by atomic mass is 10.2. The molecule has 144 valence electrons. The molecule has 3 aliphatic heterocycles. The summed E-state index contributed by atoms with van der Waals surface area (Å²) in [6, 6.07) is 0. The number of carboxylic acids is 1. The van der Waals surface area contributed by atoms with Crippen LogP contribution in [0.2, 0.25) is 0 Å². The number of hydrogen-bond acceptors (Lipinski definition) is 7. The zero-order valence-electron chi connectivity index (χ0n) is 14.9. The Morgan fingerprint density at radius 2 is 2.04 bits per heavy atom. The van der Waals surface area contributed by atoms with Gasteiger partial charge < -0.3 is 20.1 Å². The number of amides is 1. The van der Waals surface area contributed by atoms with Crippen molar-refractivity contribution < 1.29 is 20.0 Å². The quantitative estimate of drug-likeness (QED) is 0.516. The van der Waals surface area contributed by atoms with Crippen LogP contribution < -0.4 is 10.4 Å². The van der Waals surface area contributed by atoms with Crippen LogP contribution in [-0.2, 0) is 9.59 Å². The van der Waals surface area contributed by atoms with Crippen LogP contribution in [0.4, 0.5) is 0 Å². The van der Waals surface area contributed by atoms with E-state index in [1.807, 2.05) is 6.08 Å². The molecule has 0 atom stereocenters. The first kappa shape index (κ1) is 21.3. The molecule has 0 aromatic carbocycles. The van der Waals surface area contributed by atoms with Gasteiger partial charge in [-0.05, 0) is 38.3 Å². The largest absolute Gasteiger partial charge is 0.548 e. The van der Waals surface area contributed by atoms with E-state index in [2.05, 4.69) is 17.1 Å². The molecule has 0 unspecified atom stereocenters. The normalized spacial score (nSPS) is 23.6. The van der Waals surface area contributed by atoms with Crippen molar-refractivity contribution in [3.8, 4) is 0 Å². The van der Waals surface area contributed by atoms with E-state index >= 15 is 0 Å². The number of thiocarbonyl (C=S) groups is 1. The van der Waals surface area contributed by atoms with Crippen LogP contribution in [0.25, 0.3) is 0 Å². The maximum absolute atomic E-state index is 12.0. The summed E-state index contributed by atoms with van der Waals surface area (Å²) in [5.41, 5.74) is 0. The molecule has 0 aromatic heterocycles. The maximum atomic E-state index is 12.0. The maximum Gasteiger partial charge on any atom is 0.266 e. The van der Waals surface area contributed by atoms with Crippen LogP contribution in [0.3, 0.4) is 0 Å². The zero-order chi connectivity index (χ0) is 18.9. The molecule has 3 rings (SSSR count). The van der Waals surface area contributed by atoms with Gasteiger partial charge in [-0.25, -0.2) is 0 Å². The molecule has 1 amide bonds. The fourth-order valence-corrected chi connectivity index (χ4v) is 5.04. The van der Waals surface area contributed by atoms with E-state index in [0.717, 1.165) is 40.5 Å². The van der Waals surface area contributed by atoms with E-state index in [1.54, 1.807) is 17.8 Å². The monoisotopic (exact) mass is 415 g/mol. The number of nitrogens with zero attached hydrogens (tertiary/aromatic N) is 2. The number of carbonyl (C=O) groups excluding carboxylic acids is 2. The smallest absolute Gasteiger partial charge is 0.266 e. The Morgan fingerprint density at radius 1 is 1.31 bits per heavy atom. The van der Waals surface area contributed by atoms with Crippen LogP contribution >= 0.6 is 35.7 Å². The van der Waals surface area contributed by atoms with Gasteiger partial charge in [0.15, 0.2) is 0 Å². The van der Waals surface area contributed by atoms with Crippen LogP contribution in [0.5, 0.6) is 0 Å². The van der Waals surface area contributed by atoms with E-state index in [4.69, 9.17) is 12.2 Å². The van der Waals surface area contributed by atoms with Crippen molar-refractivity contribution in [1.82, 2.24) is 9.80 Å². The average molecular weight is 416 g/mol. The third kappa shape index (κ3) is 6.29. The van der Waals surface area contributed by atoms with Gasteiger partial charge in [-0.1, -0.05) is 24.0 Å². The van der Waals surface area contributed by atoms with Gasteiger partial charge in [0, 0.05) is 18.8 Å². The van der Waals surface area contributed by atoms with E-state index in [9.17, 15) is 14.7 Å². The third-order valence-corrected chi connectivity index (χ3v) is 6.63. The molecule has 0 saturated carbocycles. The standard InChI is InChI=1S/C12H14N2O3S3.C5H11N/c1-2-13-5-6-19-9(13)4-3-8-11(17)14(7-10(15)16)12(18)20-8;1-2-4-6-5-3-1/h3-4H,2,5-7H2,1H3,(H,15,16);6H,1-5H2/b8-3-,9-4-;. The molecule has 2 N–H and O–H groups in total. The van der Waals surface area contributed by atoms with Crippen molar-refractivity contribution in [2.24, 2.45) is 0 Å². The van der Waals surface area contributed by atoms with Gasteiger partial charge >= 0.3 is 0 Å². The van der Waals surface area contributed by atoms with Gasteiger partial charge in [-0.15, -0.1) is 11.8 Å². The first-order valence-electron chi connectivity index (χ1n) is 8.87. The molecule has 0 bridgehead atoms. The first-order chi connectivity index (χ1) is 12.5.